The van der Waals surface area contributed by atoms with Gasteiger partial charge < -0.3 is 14.8 Å². The Morgan fingerprint density at radius 2 is 2.07 bits per heavy atom. The molecule has 3 aromatic rings. The molecule has 0 fully saturated rings. The second-order valence-corrected chi connectivity index (χ2v) is 6.55. The van der Waals surface area contributed by atoms with Crippen molar-refractivity contribution in [2.75, 3.05) is 11.9 Å². The number of carbonyl (C=O) groups excluding carboxylic acids is 1. The molecule has 0 bridgehead atoms. The van der Waals surface area contributed by atoms with Crippen molar-refractivity contribution in [2.24, 2.45) is 7.05 Å². The fourth-order valence-electron chi connectivity index (χ4n) is 2.87. The minimum atomic E-state index is -0.0433. The molecular weight excluding hydrogens is 338 g/mol. The average Bonchev–Trinajstić information content (AvgIpc) is 3.09. The van der Waals surface area contributed by atoms with Gasteiger partial charge in [-0.2, -0.15) is 0 Å². The Bertz CT molecular complexity index is 901. The maximum absolute atomic E-state index is 12.8. The predicted molar refractivity (Wildman–Crippen MR) is 106 cm³/mol. The summed E-state index contributed by atoms with van der Waals surface area (Å²) in [5.74, 6) is 1.56. The Hall–Kier alpha value is -3.15. The summed E-state index contributed by atoms with van der Waals surface area (Å²) in [5.41, 5.74) is 3.01. The van der Waals surface area contributed by atoms with Crippen LogP contribution in [0, 0.1) is 6.92 Å². The van der Waals surface area contributed by atoms with Gasteiger partial charge in [0.2, 0.25) is 0 Å². The maximum atomic E-state index is 12.8. The largest absolute Gasteiger partial charge is 0.366 e. The fraction of sp³-hybridized carbons (Fsp3) is 0.286. The van der Waals surface area contributed by atoms with Gasteiger partial charge in [0.1, 0.15) is 11.6 Å². The molecule has 0 radical (unpaired) electrons. The van der Waals surface area contributed by atoms with Gasteiger partial charge in [-0.3, -0.25) is 4.79 Å². The van der Waals surface area contributed by atoms with Gasteiger partial charge in [-0.05, 0) is 31.5 Å². The van der Waals surface area contributed by atoms with Crippen LogP contribution >= 0.6 is 0 Å². The molecule has 0 saturated carbocycles. The molecule has 2 heterocycles. The van der Waals surface area contributed by atoms with Crippen LogP contribution in [0.3, 0.4) is 0 Å². The van der Waals surface area contributed by atoms with Crippen LogP contribution in [0.5, 0.6) is 0 Å². The van der Waals surface area contributed by atoms with E-state index >= 15 is 0 Å². The number of nitrogens with zero attached hydrogens (tertiary/aromatic N) is 4. The molecular formula is C21H25N5O. The summed E-state index contributed by atoms with van der Waals surface area (Å²) in [6, 6.07) is 12.0. The zero-order valence-electron chi connectivity index (χ0n) is 16.0. The minimum absolute atomic E-state index is 0.0433. The Balaban J connectivity index is 1.63. The summed E-state index contributed by atoms with van der Waals surface area (Å²) in [7, 11) is 1.93. The zero-order valence-corrected chi connectivity index (χ0v) is 16.0. The number of nitrogens with one attached hydrogen (secondary N) is 1. The van der Waals surface area contributed by atoms with Crippen molar-refractivity contribution in [3.8, 4) is 0 Å². The lowest BCUT2D eigenvalue weighted by atomic mass is 10.1. The van der Waals surface area contributed by atoms with Crippen molar-refractivity contribution in [1.29, 1.82) is 0 Å². The number of hydrogen-bond acceptors (Lipinski definition) is 4. The number of aromatic nitrogens is 3. The van der Waals surface area contributed by atoms with E-state index in [0.29, 0.717) is 25.2 Å². The van der Waals surface area contributed by atoms with Gasteiger partial charge in [-0.1, -0.05) is 29.8 Å². The summed E-state index contributed by atoms with van der Waals surface area (Å²) in [6.45, 7) is 5.83. The standard InChI is InChI=1S/C21H25N5O/c1-4-26(15-20-22-10-11-25(20)3)21(27)18-8-9-19(24-14-18)23-13-17-7-5-6-16(2)12-17/h5-12,14H,4,13,15H2,1-3H3,(H,23,24). The quantitative estimate of drug-likeness (QED) is 0.699. The van der Waals surface area contributed by atoms with E-state index in [1.165, 1.54) is 11.1 Å². The van der Waals surface area contributed by atoms with Gasteiger partial charge in [0.05, 0.1) is 12.1 Å². The monoisotopic (exact) mass is 363 g/mol. The Morgan fingerprint density at radius 3 is 2.70 bits per heavy atom. The highest BCUT2D eigenvalue weighted by molar-refractivity contribution is 5.94. The van der Waals surface area contributed by atoms with Crippen LogP contribution in [0.2, 0.25) is 0 Å². The molecule has 0 spiro atoms. The molecule has 0 saturated heterocycles. The van der Waals surface area contributed by atoms with Crippen LogP contribution in [-0.4, -0.2) is 31.9 Å². The van der Waals surface area contributed by atoms with E-state index in [-0.39, 0.29) is 5.91 Å². The molecule has 3 rings (SSSR count). The molecule has 0 unspecified atom stereocenters. The maximum Gasteiger partial charge on any atom is 0.255 e. The lowest BCUT2D eigenvalue weighted by Gasteiger charge is -2.20. The molecule has 27 heavy (non-hydrogen) atoms. The number of amides is 1. The molecule has 1 aromatic carbocycles. The summed E-state index contributed by atoms with van der Waals surface area (Å²) in [6.07, 6.45) is 5.25. The molecule has 0 aliphatic rings. The summed E-state index contributed by atoms with van der Waals surface area (Å²) < 4.78 is 1.92. The Morgan fingerprint density at radius 1 is 1.22 bits per heavy atom. The Kier molecular flexibility index (Phi) is 5.86. The van der Waals surface area contributed by atoms with Crippen LogP contribution in [0.1, 0.15) is 34.2 Å². The van der Waals surface area contributed by atoms with Crippen LogP contribution < -0.4 is 5.32 Å². The van der Waals surface area contributed by atoms with Crippen LogP contribution in [0.4, 0.5) is 5.82 Å². The van der Waals surface area contributed by atoms with E-state index < -0.39 is 0 Å². The molecule has 6 heteroatoms. The van der Waals surface area contributed by atoms with Gasteiger partial charge >= 0.3 is 0 Å². The first-order chi connectivity index (χ1) is 13.1. The van der Waals surface area contributed by atoms with Crippen molar-refractivity contribution >= 4 is 11.7 Å². The molecule has 1 N–H and O–H groups in total. The van der Waals surface area contributed by atoms with E-state index in [2.05, 4.69) is 40.4 Å². The van der Waals surface area contributed by atoms with E-state index in [1.807, 2.05) is 42.9 Å². The van der Waals surface area contributed by atoms with E-state index in [0.717, 1.165) is 11.6 Å². The first-order valence-corrected chi connectivity index (χ1v) is 9.07. The third-order valence-electron chi connectivity index (χ3n) is 4.49. The molecule has 6 nitrogen and oxygen atoms in total. The normalized spacial score (nSPS) is 10.6. The number of rotatable bonds is 7. The summed E-state index contributed by atoms with van der Waals surface area (Å²) in [4.78, 5) is 23.2. The van der Waals surface area contributed by atoms with E-state index in [9.17, 15) is 4.79 Å². The number of aryl methyl sites for hydroxylation is 2. The lowest BCUT2D eigenvalue weighted by molar-refractivity contribution is 0.0747. The molecule has 1 amide bonds. The van der Waals surface area contributed by atoms with Crippen molar-refractivity contribution in [3.63, 3.8) is 0 Å². The second-order valence-electron chi connectivity index (χ2n) is 6.55. The number of hydrogen-bond donors (Lipinski definition) is 1. The summed E-state index contributed by atoms with van der Waals surface area (Å²) in [5, 5.41) is 3.29. The summed E-state index contributed by atoms with van der Waals surface area (Å²) >= 11 is 0. The van der Waals surface area contributed by atoms with E-state index in [1.54, 1.807) is 17.3 Å². The van der Waals surface area contributed by atoms with Crippen molar-refractivity contribution in [2.45, 2.75) is 26.9 Å². The Labute approximate surface area is 159 Å². The predicted octanol–water partition coefficient (Wildman–Crippen LogP) is 3.40. The number of imidazole rings is 1. The van der Waals surface area contributed by atoms with Crippen LogP contribution in [0.25, 0.3) is 0 Å². The first-order valence-electron chi connectivity index (χ1n) is 9.07. The average molecular weight is 363 g/mol. The third kappa shape index (κ3) is 4.73. The number of pyridine rings is 1. The topological polar surface area (TPSA) is 63.1 Å². The smallest absolute Gasteiger partial charge is 0.255 e. The van der Waals surface area contributed by atoms with Crippen LogP contribution in [-0.2, 0) is 20.1 Å². The molecule has 2 aromatic heterocycles. The van der Waals surface area contributed by atoms with Crippen molar-refractivity contribution in [1.82, 2.24) is 19.4 Å². The molecule has 0 aliphatic carbocycles. The SMILES string of the molecule is CCN(Cc1nccn1C)C(=O)c1ccc(NCc2cccc(C)c2)nc1. The number of carbonyl (C=O) groups is 1. The number of benzene rings is 1. The van der Waals surface area contributed by atoms with Gasteiger partial charge in [-0.15, -0.1) is 0 Å². The molecule has 0 atom stereocenters. The van der Waals surface area contributed by atoms with E-state index in [4.69, 9.17) is 0 Å². The van der Waals surface area contributed by atoms with Gasteiger partial charge in [0.25, 0.3) is 5.91 Å². The number of anilines is 1. The van der Waals surface area contributed by atoms with Crippen LogP contribution in [0.15, 0.2) is 55.0 Å². The highest BCUT2D eigenvalue weighted by Crippen LogP contribution is 2.12. The van der Waals surface area contributed by atoms with Gasteiger partial charge in [-0.25, -0.2) is 9.97 Å². The second kappa shape index (κ2) is 8.49. The van der Waals surface area contributed by atoms with Crippen molar-refractivity contribution in [3.05, 3.63) is 77.5 Å². The van der Waals surface area contributed by atoms with Crippen molar-refractivity contribution < 1.29 is 4.79 Å². The fourth-order valence-corrected chi connectivity index (χ4v) is 2.87. The van der Waals surface area contributed by atoms with Gasteiger partial charge in [0.15, 0.2) is 0 Å². The lowest BCUT2D eigenvalue weighted by Crippen LogP contribution is -2.31. The third-order valence-corrected chi connectivity index (χ3v) is 4.49. The first kappa shape index (κ1) is 18.6. The highest BCUT2D eigenvalue weighted by Gasteiger charge is 2.16. The van der Waals surface area contributed by atoms with Gasteiger partial charge in [0, 0.05) is 38.7 Å². The molecule has 140 valence electrons. The molecule has 0 aliphatic heterocycles. The highest BCUT2D eigenvalue weighted by atomic mass is 16.2. The zero-order chi connectivity index (χ0) is 19.2. The minimum Gasteiger partial charge on any atom is -0.366 e.